The van der Waals surface area contributed by atoms with E-state index in [2.05, 4.69) is 0 Å². The van der Waals surface area contributed by atoms with Crippen LogP contribution in [0.25, 0.3) is 0 Å². The van der Waals surface area contributed by atoms with Crippen molar-refractivity contribution in [2.24, 2.45) is 0 Å². The Hall–Kier alpha value is -2.26. The van der Waals surface area contributed by atoms with Crippen LogP contribution in [-0.4, -0.2) is 16.7 Å². The first-order chi connectivity index (χ1) is 9.41. The van der Waals surface area contributed by atoms with Crippen molar-refractivity contribution >= 4 is 11.6 Å². The lowest BCUT2D eigenvalue weighted by Crippen LogP contribution is -2.27. The maximum absolute atomic E-state index is 12.7. The zero-order chi connectivity index (χ0) is 14.5. The zero-order valence-electron chi connectivity index (χ0n) is 11.3. The lowest BCUT2D eigenvalue weighted by Gasteiger charge is -2.25. The average Bonchev–Trinajstić information content (AvgIpc) is 2.43. The van der Waals surface area contributed by atoms with Crippen LogP contribution in [0.1, 0.15) is 51.3 Å². The molecule has 0 saturated carbocycles. The van der Waals surface area contributed by atoms with Gasteiger partial charge >= 0.3 is 0 Å². The predicted octanol–water partition coefficient (Wildman–Crippen LogP) is 2.69. The lowest BCUT2D eigenvalue weighted by molar-refractivity contribution is 0.0755. The quantitative estimate of drug-likeness (QED) is 0.736. The van der Waals surface area contributed by atoms with Crippen molar-refractivity contribution in [1.82, 2.24) is 0 Å². The topological polar surface area (TPSA) is 54.4 Å². The molecule has 0 aliphatic heterocycles. The van der Waals surface area contributed by atoms with Crippen LogP contribution < -0.4 is 0 Å². The van der Waals surface area contributed by atoms with Crippen molar-refractivity contribution in [1.29, 1.82) is 0 Å². The van der Waals surface area contributed by atoms with E-state index in [0.717, 1.165) is 0 Å². The highest BCUT2D eigenvalue weighted by Gasteiger charge is 2.34. The molecule has 0 fully saturated rings. The number of benzene rings is 2. The minimum atomic E-state index is -1.17. The molecule has 0 amide bonds. The Morgan fingerprint density at radius 3 is 1.95 bits per heavy atom. The Balaban J connectivity index is 2.34. The standard InChI is InChI=1S/C17H14O3/c1-17(2,20)13-9-5-8-12-14(13)16(19)11-7-4-3-6-10(11)15(12)18/h3-9,20H,1-2H3. The molecule has 0 saturated heterocycles. The number of carbonyl (C=O) groups is 2. The van der Waals surface area contributed by atoms with Gasteiger partial charge in [-0.05, 0) is 19.4 Å². The fraction of sp³-hybridized carbons (Fsp3) is 0.176. The third-order valence-corrected chi connectivity index (χ3v) is 3.61. The molecular formula is C17H14O3. The molecule has 0 aromatic heterocycles. The predicted molar refractivity (Wildman–Crippen MR) is 75.0 cm³/mol. The summed E-state index contributed by atoms with van der Waals surface area (Å²) in [5.41, 5.74) is 0.840. The first kappa shape index (κ1) is 12.8. The van der Waals surface area contributed by atoms with E-state index in [0.29, 0.717) is 27.8 Å². The van der Waals surface area contributed by atoms with E-state index in [1.807, 2.05) is 0 Å². The number of aliphatic hydroxyl groups is 1. The third-order valence-electron chi connectivity index (χ3n) is 3.61. The van der Waals surface area contributed by atoms with E-state index in [1.165, 1.54) is 0 Å². The molecule has 0 unspecified atom stereocenters. The second kappa shape index (κ2) is 4.12. The fourth-order valence-corrected chi connectivity index (χ4v) is 2.65. The van der Waals surface area contributed by atoms with E-state index in [9.17, 15) is 14.7 Å². The van der Waals surface area contributed by atoms with E-state index in [-0.39, 0.29) is 11.6 Å². The lowest BCUT2D eigenvalue weighted by atomic mass is 9.79. The highest BCUT2D eigenvalue weighted by atomic mass is 16.3. The average molecular weight is 266 g/mol. The number of ketones is 2. The Bertz CT molecular complexity index is 736. The largest absolute Gasteiger partial charge is 0.386 e. The maximum Gasteiger partial charge on any atom is 0.194 e. The molecule has 3 rings (SSSR count). The van der Waals surface area contributed by atoms with Crippen LogP contribution in [0.15, 0.2) is 42.5 Å². The van der Waals surface area contributed by atoms with Crippen LogP contribution in [0.3, 0.4) is 0 Å². The normalized spacial score (nSPS) is 13.9. The van der Waals surface area contributed by atoms with Crippen molar-refractivity contribution in [2.75, 3.05) is 0 Å². The van der Waals surface area contributed by atoms with Crippen LogP contribution in [0.5, 0.6) is 0 Å². The Morgan fingerprint density at radius 2 is 1.35 bits per heavy atom. The van der Waals surface area contributed by atoms with Crippen molar-refractivity contribution in [3.8, 4) is 0 Å². The molecule has 2 aromatic rings. The molecule has 100 valence electrons. The number of hydrogen-bond donors (Lipinski definition) is 1. The first-order valence-corrected chi connectivity index (χ1v) is 6.45. The minimum absolute atomic E-state index is 0.165. The van der Waals surface area contributed by atoms with Crippen LogP contribution in [0.2, 0.25) is 0 Å². The van der Waals surface area contributed by atoms with Crippen molar-refractivity contribution < 1.29 is 14.7 Å². The Kier molecular flexibility index (Phi) is 2.63. The van der Waals surface area contributed by atoms with Crippen molar-refractivity contribution in [3.63, 3.8) is 0 Å². The van der Waals surface area contributed by atoms with E-state index < -0.39 is 5.60 Å². The molecule has 0 atom stereocenters. The molecule has 0 heterocycles. The summed E-state index contributed by atoms with van der Waals surface area (Å²) in [6, 6.07) is 11.8. The molecule has 1 aliphatic rings. The van der Waals surface area contributed by atoms with Crippen LogP contribution in [0, 0.1) is 0 Å². The summed E-state index contributed by atoms with van der Waals surface area (Å²) in [4.78, 5) is 25.2. The monoisotopic (exact) mass is 266 g/mol. The molecule has 1 aliphatic carbocycles. The Labute approximate surface area is 116 Å². The van der Waals surface area contributed by atoms with Gasteiger partial charge in [-0.15, -0.1) is 0 Å². The Morgan fingerprint density at radius 1 is 0.800 bits per heavy atom. The van der Waals surface area contributed by atoms with Gasteiger partial charge in [0, 0.05) is 22.3 Å². The molecule has 0 radical (unpaired) electrons. The van der Waals surface area contributed by atoms with Gasteiger partial charge in [0.15, 0.2) is 11.6 Å². The van der Waals surface area contributed by atoms with Gasteiger partial charge in [0.25, 0.3) is 0 Å². The summed E-state index contributed by atoms with van der Waals surface area (Å²) in [5, 5.41) is 10.2. The van der Waals surface area contributed by atoms with Crippen molar-refractivity contribution in [3.05, 3.63) is 70.3 Å². The zero-order valence-corrected chi connectivity index (χ0v) is 11.3. The van der Waals surface area contributed by atoms with Crippen LogP contribution in [0.4, 0.5) is 0 Å². The minimum Gasteiger partial charge on any atom is -0.386 e. The van der Waals surface area contributed by atoms with Gasteiger partial charge in [-0.3, -0.25) is 9.59 Å². The van der Waals surface area contributed by atoms with Gasteiger partial charge in [0.1, 0.15) is 0 Å². The summed E-state index contributed by atoms with van der Waals surface area (Å²) >= 11 is 0. The first-order valence-electron chi connectivity index (χ1n) is 6.45. The molecular weight excluding hydrogens is 252 g/mol. The number of hydrogen-bond acceptors (Lipinski definition) is 3. The smallest absolute Gasteiger partial charge is 0.194 e. The van der Waals surface area contributed by atoms with Gasteiger partial charge in [-0.25, -0.2) is 0 Å². The van der Waals surface area contributed by atoms with Gasteiger partial charge in [0.05, 0.1) is 5.60 Å². The van der Waals surface area contributed by atoms with Gasteiger partial charge in [0.2, 0.25) is 0 Å². The summed E-state index contributed by atoms with van der Waals surface area (Å²) in [6.07, 6.45) is 0. The molecule has 20 heavy (non-hydrogen) atoms. The van der Waals surface area contributed by atoms with Crippen molar-refractivity contribution in [2.45, 2.75) is 19.4 Å². The molecule has 0 bridgehead atoms. The van der Waals surface area contributed by atoms with Crippen LogP contribution in [-0.2, 0) is 5.60 Å². The van der Waals surface area contributed by atoms with E-state index >= 15 is 0 Å². The van der Waals surface area contributed by atoms with E-state index in [1.54, 1.807) is 56.3 Å². The summed E-state index contributed by atoms with van der Waals surface area (Å²) in [5.74, 6) is -0.366. The SMILES string of the molecule is CC(C)(O)c1cccc2c1C(=O)c1ccccc1C2=O. The summed E-state index contributed by atoms with van der Waals surface area (Å²) in [7, 11) is 0. The third kappa shape index (κ3) is 1.71. The van der Waals surface area contributed by atoms with Gasteiger partial charge in [-0.2, -0.15) is 0 Å². The molecule has 3 heteroatoms. The maximum atomic E-state index is 12.7. The van der Waals surface area contributed by atoms with Gasteiger partial charge in [-0.1, -0.05) is 42.5 Å². The highest BCUT2D eigenvalue weighted by molar-refractivity contribution is 6.28. The van der Waals surface area contributed by atoms with Gasteiger partial charge < -0.3 is 5.11 Å². The number of carbonyl (C=O) groups excluding carboxylic acids is 2. The molecule has 3 nitrogen and oxygen atoms in total. The fourth-order valence-electron chi connectivity index (χ4n) is 2.65. The molecule has 0 spiro atoms. The molecule has 1 N–H and O–H groups in total. The number of rotatable bonds is 1. The highest BCUT2D eigenvalue weighted by Crippen LogP contribution is 2.33. The second-order valence-corrected chi connectivity index (χ2v) is 5.49. The second-order valence-electron chi connectivity index (χ2n) is 5.49. The van der Waals surface area contributed by atoms with E-state index in [4.69, 9.17) is 0 Å². The number of fused-ring (bicyclic) bond motifs is 2. The van der Waals surface area contributed by atoms with Crippen LogP contribution >= 0.6 is 0 Å². The molecule has 2 aromatic carbocycles. The summed E-state index contributed by atoms with van der Waals surface area (Å²) < 4.78 is 0. The summed E-state index contributed by atoms with van der Waals surface area (Å²) in [6.45, 7) is 3.22.